The summed E-state index contributed by atoms with van der Waals surface area (Å²) in [5, 5.41) is 17.7. The lowest BCUT2D eigenvalue weighted by atomic mass is 9.82. The molecule has 6 rings (SSSR count). The minimum atomic E-state index is -2.27. The van der Waals surface area contributed by atoms with E-state index >= 15 is 0 Å². The maximum Gasteiger partial charge on any atom is 0.264 e. The van der Waals surface area contributed by atoms with Crippen LogP contribution in [0.25, 0.3) is 0 Å². The number of carbonyl (C=O) groups excluding carboxylic acids is 2. The normalized spacial score (nSPS) is 25.6. The molecular formula is C36H45N3O6Si. The van der Waals surface area contributed by atoms with Gasteiger partial charge in [-0.2, -0.15) is 0 Å². The topological polar surface area (TPSA) is 109 Å². The van der Waals surface area contributed by atoms with Crippen LogP contribution in [0.2, 0.25) is 18.6 Å². The molecule has 2 saturated heterocycles. The first-order valence-electron chi connectivity index (χ1n) is 16.2. The average Bonchev–Trinajstić information content (AvgIpc) is 3.76. The summed E-state index contributed by atoms with van der Waals surface area (Å²) in [6, 6.07) is 21.5. The van der Waals surface area contributed by atoms with Crippen molar-refractivity contribution in [2.45, 2.75) is 69.1 Å². The number of hydrogen-bond donors (Lipinski definition) is 3. The highest BCUT2D eigenvalue weighted by Crippen LogP contribution is 2.60. The first kappa shape index (κ1) is 32.2. The number of benzene rings is 3. The summed E-state index contributed by atoms with van der Waals surface area (Å²) in [5.74, 6) is 1.17. The molecule has 3 aliphatic rings. The van der Waals surface area contributed by atoms with Crippen LogP contribution in [-0.2, 0) is 26.5 Å². The number of hydrogen-bond acceptors (Lipinski definition) is 7. The maximum absolute atomic E-state index is 14.8. The SMILES string of the molecule is COc1ccc([Si](C)(C)[C@@H]2[C@@H](CCO)O[C@]3(C(=O)N(Cc4ccc(NC(=O)[C@H]5CCCN5)cc4)c4ccc(OC)cc43)[C@H]2C)cc1. The van der Waals surface area contributed by atoms with Crippen LogP contribution < -0.4 is 30.2 Å². The van der Waals surface area contributed by atoms with Crippen molar-refractivity contribution < 1.29 is 28.9 Å². The Hall–Kier alpha value is -3.70. The van der Waals surface area contributed by atoms with Gasteiger partial charge in [0.2, 0.25) is 5.91 Å². The highest BCUT2D eigenvalue weighted by Gasteiger charge is 2.66. The fourth-order valence-electron chi connectivity index (χ4n) is 7.99. The number of nitrogens with zero attached hydrogens (tertiary/aromatic N) is 1. The molecule has 3 heterocycles. The Labute approximate surface area is 272 Å². The summed E-state index contributed by atoms with van der Waals surface area (Å²) in [6.07, 6.45) is 1.98. The lowest BCUT2D eigenvalue weighted by Gasteiger charge is -2.37. The van der Waals surface area contributed by atoms with Crippen molar-refractivity contribution in [3.63, 3.8) is 0 Å². The predicted molar refractivity (Wildman–Crippen MR) is 182 cm³/mol. The number of aliphatic hydroxyl groups excluding tert-OH is 1. The molecule has 0 bridgehead atoms. The fraction of sp³-hybridized carbons (Fsp3) is 0.444. The van der Waals surface area contributed by atoms with Crippen LogP contribution in [0.1, 0.15) is 37.3 Å². The Morgan fingerprint density at radius 2 is 1.76 bits per heavy atom. The molecule has 0 aliphatic carbocycles. The predicted octanol–water partition coefficient (Wildman–Crippen LogP) is 4.54. The van der Waals surface area contributed by atoms with Gasteiger partial charge in [-0.1, -0.05) is 49.5 Å². The van der Waals surface area contributed by atoms with Crippen molar-refractivity contribution in [1.29, 1.82) is 0 Å². The van der Waals surface area contributed by atoms with Crippen LogP contribution in [-0.4, -0.2) is 64.5 Å². The van der Waals surface area contributed by atoms with E-state index in [0.29, 0.717) is 18.7 Å². The molecule has 3 aromatic rings. The maximum atomic E-state index is 14.8. The van der Waals surface area contributed by atoms with Gasteiger partial charge < -0.3 is 34.9 Å². The molecule has 0 saturated carbocycles. The second-order valence-corrected chi connectivity index (χ2v) is 18.0. The van der Waals surface area contributed by atoms with E-state index in [1.54, 1.807) is 14.2 Å². The van der Waals surface area contributed by atoms with E-state index in [2.05, 4.69) is 42.8 Å². The molecule has 10 heteroatoms. The van der Waals surface area contributed by atoms with E-state index in [0.717, 1.165) is 47.6 Å². The monoisotopic (exact) mass is 643 g/mol. The zero-order chi connectivity index (χ0) is 32.6. The first-order chi connectivity index (χ1) is 22.1. The Bertz CT molecular complexity index is 1570. The number of rotatable bonds is 10. The van der Waals surface area contributed by atoms with Crippen LogP contribution >= 0.6 is 0 Å². The summed E-state index contributed by atoms with van der Waals surface area (Å²) in [6.45, 7) is 7.98. The van der Waals surface area contributed by atoms with Crippen molar-refractivity contribution >= 4 is 36.4 Å². The quantitative estimate of drug-likeness (QED) is 0.279. The molecule has 0 radical (unpaired) electrons. The summed E-state index contributed by atoms with van der Waals surface area (Å²) < 4.78 is 18.1. The van der Waals surface area contributed by atoms with Gasteiger partial charge in [0.25, 0.3) is 5.91 Å². The molecule has 0 unspecified atom stereocenters. The van der Waals surface area contributed by atoms with Crippen LogP contribution in [0, 0.1) is 5.92 Å². The Morgan fingerprint density at radius 1 is 1.07 bits per heavy atom. The van der Waals surface area contributed by atoms with Crippen molar-refractivity contribution in [2.24, 2.45) is 5.92 Å². The van der Waals surface area contributed by atoms with Crippen LogP contribution in [0.3, 0.4) is 0 Å². The second kappa shape index (κ2) is 12.8. The Kier molecular flexibility index (Phi) is 8.99. The van der Waals surface area contributed by atoms with E-state index in [4.69, 9.17) is 14.2 Å². The fourth-order valence-corrected chi connectivity index (χ4v) is 12.0. The summed E-state index contributed by atoms with van der Waals surface area (Å²) in [7, 11) is 1.02. The van der Waals surface area contributed by atoms with Gasteiger partial charge in [-0.15, -0.1) is 0 Å². The number of methoxy groups -OCH3 is 2. The van der Waals surface area contributed by atoms with E-state index in [-0.39, 0.29) is 42.0 Å². The van der Waals surface area contributed by atoms with Gasteiger partial charge in [-0.25, -0.2) is 0 Å². The lowest BCUT2D eigenvalue weighted by Crippen LogP contribution is -2.51. The smallest absolute Gasteiger partial charge is 0.264 e. The number of ether oxygens (including phenoxy) is 3. The zero-order valence-electron chi connectivity index (χ0n) is 27.3. The zero-order valence-corrected chi connectivity index (χ0v) is 28.3. The number of aliphatic hydroxyl groups is 1. The number of carbonyl (C=O) groups is 2. The number of amides is 2. The lowest BCUT2D eigenvalue weighted by molar-refractivity contribution is -0.146. The van der Waals surface area contributed by atoms with Crippen molar-refractivity contribution in [3.05, 3.63) is 77.9 Å². The Balaban J connectivity index is 1.33. The van der Waals surface area contributed by atoms with Gasteiger partial charge in [0.1, 0.15) is 11.5 Å². The van der Waals surface area contributed by atoms with Gasteiger partial charge in [-0.05, 0) is 79.4 Å². The van der Waals surface area contributed by atoms with Gasteiger partial charge in [0.15, 0.2) is 5.60 Å². The minimum Gasteiger partial charge on any atom is -0.497 e. The van der Waals surface area contributed by atoms with Gasteiger partial charge in [0, 0.05) is 23.8 Å². The van der Waals surface area contributed by atoms with Crippen LogP contribution in [0.4, 0.5) is 11.4 Å². The molecule has 3 aromatic carbocycles. The molecule has 3 aliphatic heterocycles. The number of anilines is 2. The molecule has 0 aromatic heterocycles. The standard InChI is InChI=1S/C36H45N3O6Si/c1-23-33(46(4,5)28-15-12-26(43-2)13-16-28)32(18-20-40)45-36(23)29-21-27(44-3)14-17-31(29)39(35(36)42)22-24-8-10-25(11-9-24)38-34(41)30-7-6-19-37-30/h8-17,21,23,30,32-33,37,40H,6-7,18-20,22H2,1-5H3,(H,38,41)/t23-,30+,32+,33-,36+/m0/s1. The molecular weight excluding hydrogens is 598 g/mol. The van der Waals surface area contributed by atoms with E-state index in [1.165, 1.54) is 5.19 Å². The Morgan fingerprint density at radius 3 is 2.39 bits per heavy atom. The summed E-state index contributed by atoms with van der Waals surface area (Å²) in [4.78, 5) is 29.3. The van der Waals surface area contributed by atoms with Crippen molar-refractivity contribution in [1.82, 2.24) is 5.32 Å². The third-order valence-electron chi connectivity index (χ3n) is 10.4. The van der Waals surface area contributed by atoms with E-state index in [1.807, 2.05) is 59.5 Å². The highest BCUT2D eigenvalue weighted by molar-refractivity contribution is 6.91. The minimum absolute atomic E-state index is 0.0229. The molecule has 3 N–H and O–H groups in total. The number of fused-ring (bicyclic) bond motifs is 2. The van der Waals surface area contributed by atoms with Gasteiger partial charge in [-0.3, -0.25) is 9.59 Å². The molecule has 1 spiro atoms. The van der Waals surface area contributed by atoms with Crippen LogP contribution in [0.5, 0.6) is 11.5 Å². The van der Waals surface area contributed by atoms with Crippen LogP contribution in [0.15, 0.2) is 66.7 Å². The molecule has 244 valence electrons. The second-order valence-electron chi connectivity index (χ2n) is 13.3. The third-order valence-corrected chi connectivity index (χ3v) is 14.8. The third kappa shape index (κ3) is 5.51. The van der Waals surface area contributed by atoms with Gasteiger partial charge >= 0.3 is 0 Å². The molecule has 2 amide bonds. The van der Waals surface area contributed by atoms with Crippen molar-refractivity contribution in [2.75, 3.05) is 37.6 Å². The largest absolute Gasteiger partial charge is 0.497 e. The summed E-state index contributed by atoms with van der Waals surface area (Å²) >= 11 is 0. The molecule has 46 heavy (non-hydrogen) atoms. The van der Waals surface area contributed by atoms with E-state index < -0.39 is 13.7 Å². The highest BCUT2D eigenvalue weighted by atomic mass is 28.3. The van der Waals surface area contributed by atoms with Gasteiger partial charge in [0.05, 0.1) is 46.7 Å². The molecule has 2 fully saturated rings. The van der Waals surface area contributed by atoms with Crippen molar-refractivity contribution in [3.8, 4) is 11.5 Å². The average molecular weight is 644 g/mol. The molecule has 5 atom stereocenters. The first-order valence-corrected chi connectivity index (χ1v) is 19.3. The summed E-state index contributed by atoms with van der Waals surface area (Å²) in [5.41, 5.74) is 2.11. The van der Waals surface area contributed by atoms with E-state index in [9.17, 15) is 14.7 Å². The molecule has 9 nitrogen and oxygen atoms in total. The number of nitrogens with one attached hydrogen (secondary N) is 2.